The van der Waals surface area contributed by atoms with E-state index in [0.717, 1.165) is 5.56 Å². The normalized spacial score (nSPS) is 17.2. The molecule has 0 saturated carbocycles. The molecule has 1 fully saturated rings. The van der Waals surface area contributed by atoms with Crippen LogP contribution in [0, 0.1) is 10.1 Å². The van der Waals surface area contributed by atoms with E-state index in [4.69, 9.17) is 0 Å². The van der Waals surface area contributed by atoms with Crippen molar-refractivity contribution in [3.05, 3.63) is 70.3 Å². The van der Waals surface area contributed by atoms with Gasteiger partial charge in [0.2, 0.25) is 5.91 Å². The minimum Gasteiger partial charge on any atom is -0.354 e. The number of nitrogens with zero attached hydrogens (tertiary/aromatic N) is 2. The molecule has 1 heterocycles. The fourth-order valence-electron chi connectivity index (χ4n) is 2.97. The van der Waals surface area contributed by atoms with Crippen LogP contribution in [0.4, 0.5) is 16.2 Å². The van der Waals surface area contributed by atoms with E-state index in [9.17, 15) is 19.7 Å². The van der Waals surface area contributed by atoms with Crippen LogP contribution in [-0.4, -0.2) is 34.9 Å². The first-order valence-corrected chi connectivity index (χ1v) is 8.19. The van der Waals surface area contributed by atoms with Crippen molar-refractivity contribution in [1.82, 2.24) is 10.2 Å². The minimum absolute atomic E-state index is 0.123. The highest BCUT2D eigenvalue weighted by Gasteiger charge is 2.30. The molecule has 0 aromatic heterocycles. The van der Waals surface area contributed by atoms with E-state index in [1.807, 2.05) is 30.3 Å². The molecule has 0 unspecified atom stereocenters. The van der Waals surface area contributed by atoms with E-state index in [0.29, 0.717) is 13.1 Å². The van der Waals surface area contributed by atoms with Crippen LogP contribution < -0.4 is 10.6 Å². The number of anilines is 1. The van der Waals surface area contributed by atoms with Crippen LogP contribution in [0.15, 0.2) is 54.6 Å². The lowest BCUT2D eigenvalue weighted by Gasteiger charge is -2.29. The maximum absolute atomic E-state index is 12.8. The highest BCUT2D eigenvalue weighted by molar-refractivity contribution is 5.92. The van der Waals surface area contributed by atoms with Crippen LogP contribution in [-0.2, 0) is 4.79 Å². The molecule has 1 atom stereocenters. The molecule has 0 aliphatic carbocycles. The predicted octanol–water partition coefficient (Wildman–Crippen LogP) is 2.69. The number of amides is 3. The van der Waals surface area contributed by atoms with Crippen molar-refractivity contribution in [1.29, 1.82) is 0 Å². The molecule has 2 N–H and O–H groups in total. The van der Waals surface area contributed by atoms with Gasteiger partial charge in [0.25, 0.3) is 5.69 Å². The highest BCUT2D eigenvalue weighted by Crippen LogP contribution is 2.28. The monoisotopic (exact) mass is 354 g/mol. The number of rotatable bonds is 3. The van der Waals surface area contributed by atoms with Gasteiger partial charge in [-0.25, -0.2) is 4.79 Å². The molecule has 8 heteroatoms. The van der Waals surface area contributed by atoms with E-state index >= 15 is 0 Å². The Kier molecular flexibility index (Phi) is 5.12. The van der Waals surface area contributed by atoms with Gasteiger partial charge in [0.1, 0.15) is 5.69 Å². The number of para-hydroxylation sites is 2. The third kappa shape index (κ3) is 3.80. The van der Waals surface area contributed by atoms with Gasteiger partial charge in [0.05, 0.1) is 17.4 Å². The molecule has 26 heavy (non-hydrogen) atoms. The molecular formula is C18H18N4O4. The highest BCUT2D eigenvalue weighted by atomic mass is 16.6. The molecule has 3 amide bonds. The van der Waals surface area contributed by atoms with Crippen LogP contribution in [0.5, 0.6) is 0 Å². The number of nitro groups is 1. The molecule has 8 nitrogen and oxygen atoms in total. The lowest BCUT2D eigenvalue weighted by molar-refractivity contribution is -0.383. The summed E-state index contributed by atoms with van der Waals surface area (Å²) < 4.78 is 0. The molecule has 0 radical (unpaired) electrons. The second-order valence-electron chi connectivity index (χ2n) is 5.88. The number of hydrogen-bond acceptors (Lipinski definition) is 4. The lowest BCUT2D eigenvalue weighted by atomic mass is 10.0. The van der Waals surface area contributed by atoms with Crippen LogP contribution >= 0.6 is 0 Å². The topological polar surface area (TPSA) is 105 Å². The SMILES string of the molecule is O=C1C[C@@H](c2ccccc2)N(C(=O)Nc2ccccc2[N+](=O)[O-])CCN1. The first-order chi connectivity index (χ1) is 12.6. The van der Waals surface area contributed by atoms with Crippen LogP contribution in [0.2, 0.25) is 0 Å². The largest absolute Gasteiger partial charge is 0.354 e. The van der Waals surface area contributed by atoms with Gasteiger partial charge in [-0.2, -0.15) is 0 Å². The van der Waals surface area contributed by atoms with Crippen molar-refractivity contribution < 1.29 is 14.5 Å². The predicted molar refractivity (Wildman–Crippen MR) is 95.6 cm³/mol. The Morgan fingerprint density at radius 2 is 1.85 bits per heavy atom. The van der Waals surface area contributed by atoms with Gasteiger partial charge in [-0.15, -0.1) is 0 Å². The van der Waals surface area contributed by atoms with Gasteiger partial charge < -0.3 is 15.5 Å². The second-order valence-corrected chi connectivity index (χ2v) is 5.88. The first-order valence-electron chi connectivity index (χ1n) is 8.19. The zero-order chi connectivity index (χ0) is 18.5. The lowest BCUT2D eigenvalue weighted by Crippen LogP contribution is -2.39. The Bertz CT molecular complexity index is 825. The zero-order valence-corrected chi connectivity index (χ0v) is 13.9. The summed E-state index contributed by atoms with van der Waals surface area (Å²) in [6, 6.07) is 14.3. The van der Waals surface area contributed by atoms with Crippen LogP contribution in [0.3, 0.4) is 0 Å². The number of nitrogens with one attached hydrogen (secondary N) is 2. The fraction of sp³-hybridized carbons (Fsp3) is 0.222. The van der Waals surface area contributed by atoms with Crippen molar-refractivity contribution in [2.75, 3.05) is 18.4 Å². The minimum atomic E-state index is -0.544. The van der Waals surface area contributed by atoms with Gasteiger partial charge in [-0.1, -0.05) is 42.5 Å². The second kappa shape index (κ2) is 7.64. The van der Waals surface area contributed by atoms with Gasteiger partial charge in [0, 0.05) is 19.2 Å². The van der Waals surface area contributed by atoms with Crippen LogP contribution in [0.25, 0.3) is 0 Å². The summed E-state index contributed by atoms with van der Waals surface area (Å²) in [7, 11) is 0. The average molecular weight is 354 g/mol. The van der Waals surface area contributed by atoms with Crippen LogP contribution in [0.1, 0.15) is 18.0 Å². The summed E-state index contributed by atoms with van der Waals surface area (Å²) in [6.45, 7) is 0.629. The molecule has 3 rings (SSSR count). The summed E-state index contributed by atoms with van der Waals surface area (Å²) in [4.78, 5) is 37.0. The summed E-state index contributed by atoms with van der Waals surface area (Å²) in [6.07, 6.45) is 0.133. The molecule has 2 aromatic carbocycles. The Morgan fingerprint density at radius 3 is 2.58 bits per heavy atom. The number of carbonyl (C=O) groups excluding carboxylic acids is 2. The third-order valence-corrected chi connectivity index (χ3v) is 4.22. The summed E-state index contributed by atoms with van der Waals surface area (Å²) >= 11 is 0. The summed E-state index contributed by atoms with van der Waals surface area (Å²) in [5, 5.41) is 16.5. The fourth-order valence-corrected chi connectivity index (χ4v) is 2.97. The van der Waals surface area contributed by atoms with E-state index in [2.05, 4.69) is 10.6 Å². The summed E-state index contributed by atoms with van der Waals surface area (Å²) in [5.74, 6) is -0.139. The maximum Gasteiger partial charge on any atom is 0.322 e. The Morgan fingerprint density at radius 1 is 1.15 bits per heavy atom. The van der Waals surface area contributed by atoms with Crippen molar-refractivity contribution in [3.63, 3.8) is 0 Å². The molecule has 1 aliphatic heterocycles. The molecule has 0 bridgehead atoms. The Balaban J connectivity index is 1.88. The third-order valence-electron chi connectivity index (χ3n) is 4.22. The molecule has 1 aliphatic rings. The smallest absolute Gasteiger partial charge is 0.322 e. The Labute approximate surface area is 150 Å². The maximum atomic E-state index is 12.8. The van der Waals surface area contributed by atoms with Crippen molar-refractivity contribution in [3.8, 4) is 0 Å². The van der Waals surface area contributed by atoms with E-state index in [1.165, 1.54) is 23.1 Å². The van der Waals surface area contributed by atoms with E-state index in [-0.39, 0.29) is 23.7 Å². The number of hydrogen-bond donors (Lipinski definition) is 2. The summed E-state index contributed by atoms with van der Waals surface area (Å²) in [5.41, 5.74) is 0.779. The van der Waals surface area contributed by atoms with Crippen molar-refractivity contribution >= 4 is 23.3 Å². The number of nitro benzene ring substituents is 1. The first kappa shape index (κ1) is 17.4. The molecule has 1 saturated heterocycles. The van der Waals surface area contributed by atoms with Gasteiger partial charge in [0.15, 0.2) is 0 Å². The van der Waals surface area contributed by atoms with E-state index in [1.54, 1.807) is 6.07 Å². The average Bonchev–Trinajstić information content (AvgIpc) is 2.84. The molecule has 2 aromatic rings. The number of urea groups is 1. The van der Waals surface area contributed by atoms with E-state index < -0.39 is 17.0 Å². The van der Waals surface area contributed by atoms with Crippen molar-refractivity contribution in [2.45, 2.75) is 12.5 Å². The molecule has 134 valence electrons. The zero-order valence-electron chi connectivity index (χ0n) is 13.9. The standard InChI is InChI=1S/C18H18N4O4/c23-17-12-16(13-6-2-1-3-7-13)21(11-10-19-17)18(24)20-14-8-4-5-9-15(14)22(25)26/h1-9,16H,10-12H2,(H,19,23)(H,20,24)/t16-/m0/s1. The quantitative estimate of drug-likeness (QED) is 0.653. The van der Waals surface area contributed by atoms with Gasteiger partial charge in [-0.05, 0) is 11.6 Å². The van der Waals surface area contributed by atoms with Crippen molar-refractivity contribution in [2.24, 2.45) is 0 Å². The number of benzene rings is 2. The Hall–Kier alpha value is -3.42. The molecular weight excluding hydrogens is 336 g/mol. The van der Waals surface area contributed by atoms with Gasteiger partial charge >= 0.3 is 6.03 Å². The molecule has 0 spiro atoms. The van der Waals surface area contributed by atoms with Gasteiger partial charge in [-0.3, -0.25) is 14.9 Å². The number of carbonyl (C=O) groups is 2.